The zero-order chi connectivity index (χ0) is 7.82. The van der Waals surface area contributed by atoms with Crippen LogP contribution >= 0.6 is 0 Å². The van der Waals surface area contributed by atoms with Crippen molar-refractivity contribution in [3.8, 4) is 24.2 Å². The first-order chi connectivity index (χ1) is 4.81. The summed E-state index contributed by atoms with van der Waals surface area (Å²) >= 11 is 0. The Morgan fingerprint density at radius 1 is 1.70 bits per heavy atom. The van der Waals surface area contributed by atoms with Gasteiger partial charge in [-0.3, -0.25) is 0 Å². The number of hydrogen-bond donors (Lipinski definition) is 1. The summed E-state index contributed by atoms with van der Waals surface area (Å²) in [6.45, 7) is 3.51. The van der Waals surface area contributed by atoms with Crippen molar-refractivity contribution in [1.29, 1.82) is 0 Å². The summed E-state index contributed by atoms with van der Waals surface area (Å²) in [5, 5.41) is 8.99. The topological polar surface area (TPSA) is 20.2 Å². The van der Waals surface area contributed by atoms with Crippen LogP contribution in [0.3, 0.4) is 0 Å². The molecule has 0 aromatic heterocycles. The maximum atomic E-state index is 8.99. The van der Waals surface area contributed by atoms with Crippen molar-refractivity contribution in [3.05, 3.63) is 12.7 Å². The Kier molecular flexibility index (Phi) is 5.25. The summed E-state index contributed by atoms with van der Waals surface area (Å²) in [6.07, 6.45) is 7.36. The molecule has 0 rings (SSSR count). The van der Waals surface area contributed by atoms with Crippen molar-refractivity contribution in [1.82, 2.24) is 0 Å². The summed E-state index contributed by atoms with van der Waals surface area (Å²) in [6, 6.07) is 0. The summed E-state index contributed by atoms with van der Waals surface area (Å²) in [7, 11) is 0. The molecule has 1 heteroatoms. The van der Waals surface area contributed by atoms with Gasteiger partial charge in [0.15, 0.2) is 0 Å². The van der Waals surface area contributed by atoms with Crippen molar-refractivity contribution in [2.24, 2.45) is 0 Å². The lowest BCUT2D eigenvalue weighted by atomic mass is 10.2. The molecule has 1 N–H and O–H groups in total. The molecular formula is C9H10O. The Hall–Kier alpha value is -1.18. The van der Waals surface area contributed by atoms with Gasteiger partial charge in [-0.25, -0.2) is 0 Å². The molecule has 0 saturated carbocycles. The number of terminal acetylenes is 1. The van der Waals surface area contributed by atoms with Gasteiger partial charge in [0.2, 0.25) is 0 Å². The van der Waals surface area contributed by atoms with Gasteiger partial charge in [-0.1, -0.05) is 12.0 Å². The summed E-state index contributed by atoms with van der Waals surface area (Å²) in [5.41, 5.74) is 0. The number of rotatable bonds is 3. The van der Waals surface area contributed by atoms with E-state index in [1.54, 1.807) is 6.08 Å². The second kappa shape index (κ2) is 5.95. The molecule has 0 radical (unpaired) electrons. The predicted molar refractivity (Wildman–Crippen MR) is 42.0 cm³/mol. The third-order valence-corrected chi connectivity index (χ3v) is 0.955. The van der Waals surface area contributed by atoms with Crippen molar-refractivity contribution in [3.63, 3.8) is 0 Å². The number of aliphatic hydroxyl groups is 1. The summed E-state index contributed by atoms with van der Waals surface area (Å²) in [4.78, 5) is 0. The average Bonchev–Trinajstić information content (AvgIpc) is 1.97. The Balaban J connectivity index is 3.54. The van der Waals surface area contributed by atoms with E-state index in [1.807, 2.05) is 0 Å². The van der Waals surface area contributed by atoms with Crippen LogP contribution in [-0.4, -0.2) is 11.2 Å². The van der Waals surface area contributed by atoms with E-state index in [9.17, 15) is 0 Å². The first kappa shape index (κ1) is 8.82. The fourth-order valence-corrected chi connectivity index (χ4v) is 0.473. The highest BCUT2D eigenvalue weighted by Crippen LogP contribution is 1.94. The molecule has 0 heterocycles. The van der Waals surface area contributed by atoms with E-state index in [-0.39, 0.29) is 0 Å². The number of allylic oxidation sites excluding steroid dienone is 1. The van der Waals surface area contributed by atoms with Crippen molar-refractivity contribution >= 4 is 0 Å². The lowest BCUT2D eigenvalue weighted by Gasteiger charge is -1.96. The van der Waals surface area contributed by atoms with Gasteiger partial charge in [0.25, 0.3) is 0 Å². The Morgan fingerprint density at radius 3 is 2.90 bits per heavy atom. The zero-order valence-corrected chi connectivity index (χ0v) is 5.80. The molecule has 0 aliphatic rings. The molecule has 0 fully saturated rings. The molecule has 0 aliphatic heterocycles. The second-order valence-corrected chi connectivity index (χ2v) is 1.80. The van der Waals surface area contributed by atoms with Crippen LogP contribution in [0.25, 0.3) is 0 Å². The first-order valence-electron chi connectivity index (χ1n) is 3.06. The predicted octanol–water partition coefficient (Wildman–Crippen LogP) is 0.950. The van der Waals surface area contributed by atoms with E-state index < -0.39 is 6.10 Å². The maximum absolute atomic E-state index is 8.99. The monoisotopic (exact) mass is 134 g/mol. The molecule has 1 atom stereocenters. The molecule has 0 saturated heterocycles. The van der Waals surface area contributed by atoms with Crippen LogP contribution in [-0.2, 0) is 0 Å². The first-order valence-corrected chi connectivity index (χ1v) is 3.06. The zero-order valence-electron chi connectivity index (χ0n) is 5.80. The van der Waals surface area contributed by atoms with E-state index >= 15 is 0 Å². The SMILES string of the molecule is C#CC#C[C@H](O)CCC=C. The molecular weight excluding hydrogens is 124 g/mol. The quantitative estimate of drug-likeness (QED) is 0.450. The van der Waals surface area contributed by atoms with Crippen LogP contribution in [0.5, 0.6) is 0 Å². The van der Waals surface area contributed by atoms with Crippen LogP contribution in [0.4, 0.5) is 0 Å². The number of hydrogen-bond acceptors (Lipinski definition) is 1. The number of aliphatic hydroxyl groups excluding tert-OH is 1. The van der Waals surface area contributed by atoms with Crippen molar-refractivity contribution in [2.75, 3.05) is 0 Å². The molecule has 0 unspecified atom stereocenters. The van der Waals surface area contributed by atoms with Gasteiger partial charge in [-0.15, -0.1) is 13.0 Å². The minimum atomic E-state index is -0.603. The molecule has 0 amide bonds. The van der Waals surface area contributed by atoms with E-state index in [1.165, 1.54) is 0 Å². The molecule has 0 aliphatic carbocycles. The highest BCUT2D eigenvalue weighted by molar-refractivity contribution is 5.23. The third-order valence-electron chi connectivity index (χ3n) is 0.955. The highest BCUT2D eigenvalue weighted by atomic mass is 16.3. The Bertz CT molecular complexity index is 187. The van der Waals surface area contributed by atoms with Gasteiger partial charge < -0.3 is 5.11 Å². The van der Waals surface area contributed by atoms with Crippen LogP contribution in [0, 0.1) is 24.2 Å². The smallest absolute Gasteiger partial charge is 0.116 e. The van der Waals surface area contributed by atoms with Crippen LogP contribution in [0.15, 0.2) is 12.7 Å². The molecule has 0 bridgehead atoms. The van der Waals surface area contributed by atoms with E-state index in [0.717, 1.165) is 6.42 Å². The van der Waals surface area contributed by atoms with E-state index in [4.69, 9.17) is 11.5 Å². The minimum absolute atomic E-state index is 0.603. The molecule has 52 valence electrons. The maximum Gasteiger partial charge on any atom is 0.116 e. The average molecular weight is 134 g/mol. The lowest BCUT2D eigenvalue weighted by Crippen LogP contribution is -2.00. The second-order valence-electron chi connectivity index (χ2n) is 1.80. The van der Waals surface area contributed by atoms with E-state index in [2.05, 4.69) is 24.3 Å². The van der Waals surface area contributed by atoms with Crippen LogP contribution < -0.4 is 0 Å². The fourth-order valence-electron chi connectivity index (χ4n) is 0.473. The Labute approximate surface area is 61.8 Å². The Morgan fingerprint density at radius 2 is 2.40 bits per heavy atom. The van der Waals surface area contributed by atoms with Gasteiger partial charge in [-0.2, -0.15) is 0 Å². The molecule has 10 heavy (non-hydrogen) atoms. The largest absolute Gasteiger partial charge is 0.380 e. The summed E-state index contributed by atoms with van der Waals surface area (Å²) in [5.74, 6) is 6.97. The van der Waals surface area contributed by atoms with Crippen molar-refractivity contribution in [2.45, 2.75) is 18.9 Å². The van der Waals surface area contributed by atoms with Gasteiger partial charge in [0.05, 0.1) is 0 Å². The molecule has 0 aromatic carbocycles. The van der Waals surface area contributed by atoms with Gasteiger partial charge >= 0.3 is 0 Å². The normalized spacial score (nSPS) is 10.4. The molecule has 0 spiro atoms. The standard InChI is InChI=1S/C9H10O/c1-3-5-7-9(10)8-6-4-2/h1,4,9-10H,2,6,8H2/t9-/m0/s1. The minimum Gasteiger partial charge on any atom is -0.380 e. The third kappa shape index (κ3) is 4.97. The fraction of sp³-hybridized carbons (Fsp3) is 0.333. The van der Waals surface area contributed by atoms with Gasteiger partial charge in [0, 0.05) is 0 Å². The van der Waals surface area contributed by atoms with E-state index in [0.29, 0.717) is 6.42 Å². The highest BCUT2D eigenvalue weighted by Gasteiger charge is 1.94. The van der Waals surface area contributed by atoms with Gasteiger partial charge in [-0.05, 0) is 24.7 Å². The van der Waals surface area contributed by atoms with Crippen LogP contribution in [0.2, 0.25) is 0 Å². The summed E-state index contributed by atoms with van der Waals surface area (Å²) < 4.78 is 0. The van der Waals surface area contributed by atoms with Crippen molar-refractivity contribution < 1.29 is 5.11 Å². The van der Waals surface area contributed by atoms with Crippen LogP contribution in [0.1, 0.15) is 12.8 Å². The molecule has 1 nitrogen and oxygen atoms in total. The molecule has 0 aromatic rings. The lowest BCUT2D eigenvalue weighted by molar-refractivity contribution is 0.223. The van der Waals surface area contributed by atoms with Gasteiger partial charge in [0.1, 0.15) is 6.10 Å².